The predicted octanol–water partition coefficient (Wildman–Crippen LogP) is 2.79. The van der Waals surface area contributed by atoms with Crippen LogP contribution < -0.4 is 5.32 Å². The zero-order chi connectivity index (χ0) is 13.8. The van der Waals surface area contributed by atoms with E-state index in [0.717, 1.165) is 0 Å². The van der Waals surface area contributed by atoms with Crippen molar-refractivity contribution in [3.63, 3.8) is 0 Å². The van der Waals surface area contributed by atoms with E-state index in [4.69, 9.17) is 5.11 Å². The Kier molecular flexibility index (Phi) is 3.91. The first-order valence-electron chi connectivity index (χ1n) is 5.33. The summed E-state index contributed by atoms with van der Waals surface area (Å²) in [5.74, 6) is -1.32. The molecule has 0 radical (unpaired) electrons. The van der Waals surface area contributed by atoms with E-state index >= 15 is 0 Å². The molecule has 1 aromatic carbocycles. The topological polar surface area (TPSA) is 79.3 Å². The van der Waals surface area contributed by atoms with Crippen LogP contribution in [-0.4, -0.2) is 22.0 Å². The minimum Gasteiger partial charge on any atom is -0.478 e. The highest BCUT2D eigenvalue weighted by Gasteiger charge is 2.10. The lowest BCUT2D eigenvalue weighted by Gasteiger charge is -2.06. The van der Waals surface area contributed by atoms with Gasteiger partial charge in [-0.25, -0.2) is 9.78 Å². The first-order chi connectivity index (χ1) is 9.08. The largest absolute Gasteiger partial charge is 0.478 e. The number of nitrogens with one attached hydrogen (secondary N) is 1. The van der Waals surface area contributed by atoms with E-state index in [2.05, 4.69) is 26.2 Å². The third kappa shape index (κ3) is 3.17. The van der Waals surface area contributed by atoms with E-state index in [0.29, 0.717) is 15.9 Å². The molecule has 0 bridgehead atoms. The van der Waals surface area contributed by atoms with Gasteiger partial charge in [-0.3, -0.25) is 4.79 Å². The predicted molar refractivity (Wildman–Crippen MR) is 73.3 cm³/mol. The van der Waals surface area contributed by atoms with Crippen molar-refractivity contribution in [2.75, 3.05) is 5.32 Å². The Bertz CT molecular complexity index is 626. The molecular weight excluding hydrogens is 312 g/mol. The fraction of sp³-hybridized carbons (Fsp3) is 0. The molecule has 0 atom stereocenters. The Morgan fingerprint density at radius 1 is 1.16 bits per heavy atom. The van der Waals surface area contributed by atoms with Gasteiger partial charge in [0.05, 0.1) is 11.1 Å². The lowest BCUT2D eigenvalue weighted by molar-refractivity contribution is 0.0696. The number of nitrogens with zero attached hydrogens (tertiary/aromatic N) is 1. The van der Waals surface area contributed by atoms with E-state index in [1.165, 1.54) is 24.3 Å². The van der Waals surface area contributed by atoms with Crippen LogP contribution in [-0.2, 0) is 0 Å². The van der Waals surface area contributed by atoms with Gasteiger partial charge in [0, 0.05) is 11.9 Å². The summed E-state index contributed by atoms with van der Waals surface area (Å²) in [5.41, 5.74) is 1.09. The van der Waals surface area contributed by atoms with Crippen molar-refractivity contribution < 1.29 is 14.7 Å². The van der Waals surface area contributed by atoms with E-state index in [1.54, 1.807) is 18.3 Å². The van der Waals surface area contributed by atoms with Gasteiger partial charge in [-0.2, -0.15) is 0 Å². The van der Waals surface area contributed by atoms with E-state index in [1.807, 2.05) is 0 Å². The molecule has 0 spiro atoms. The Morgan fingerprint density at radius 3 is 2.42 bits per heavy atom. The van der Waals surface area contributed by atoms with E-state index in [9.17, 15) is 9.59 Å². The maximum atomic E-state index is 12.0. The van der Waals surface area contributed by atoms with Gasteiger partial charge in [-0.1, -0.05) is 0 Å². The summed E-state index contributed by atoms with van der Waals surface area (Å²) in [6.45, 7) is 0. The minimum absolute atomic E-state index is 0.167. The van der Waals surface area contributed by atoms with Gasteiger partial charge < -0.3 is 10.4 Å². The van der Waals surface area contributed by atoms with Crippen LogP contribution in [0.25, 0.3) is 0 Å². The third-order valence-electron chi connectivity index (χ3n) is 2.39. The number of hydrogen-bond acceptors (Lipinski definition) is 3. The summed E-state index contributed by atoms with van der Waals surface area (Å²) in [4.78, 5) is 26.6. The number of amides is 1. The Balaban J connectivity index is 2.15. The number of aromatic carboxylic acids is 1. The Morgan fingerprint density at radius 2 is 1.84 bits per heavy atom. The molecule has 6 heteroatoms. The third-order valence-corrected chi connectivity index (χ3v) is 3.03. The van der Waals surface area contributed by atoms with Crippen LogP contribution in [0.15, 0.2) is 47.2 Å². The zero-order valence-electron chi connectivity index (χ0n) is 9.63. The number of pyridine rings is 1. The summed E-state index contributed by atoms with van der Waals surface area (Å²) < 4.78 is 0.453. The molecule has 0 saturated heterocycles. The van der Waals surface area contributed by atoms with Crippen molar-refractivity contribution >= 4 is 33.5 Å². The molecule has 1 aromatic heterocycles. The number of anilines is 1. The number of carbonyl (C=O) groups excluding carboxylic acids is 1. The molecule has 19 heavy (non-hydrogen) atoms. The molecule has 0 unspecified atom stereocenters. The molecule has 0 aliphatic carbocycles. The first-order valence-corrected chi connectivity index (χ1v) is 6.12. The lowest BCUT2D eigenvalue weighted by atomic mass is 10.2. The maximum Gasteiger partial charge on any atom is 0.335 e. The molecule has 5 nitrogen and oxygen atoms in total. The summed E-state index contributed by atoms with van der Waals surface area (Å²) >= 11 is 3.19. The molecular formula is C13H9BrN2O3. The summed E-state index contributed by atoms with van der Waals surface area (Å²) in [6.07, 6.45) is 1.57. The Labute approximate surface area is 117 Å². The lowest BCUT2D eigenvalue weighted by Crippen LogP contribution is -2.13. The monoisotopic (exact) mass is 320 g/mol. The van der Waals surface area contributed by atoms with Crippen molar-refractivity contribution in [3.05, 3.63) is 58.3 Å². The second-order valence-electron chi connectivity index (χ2n) is 3.68. The highest BCUT2D eigenvalue weighted by molar-refractivity contribution is 9.10. The number of aromatic nitrogens is 1. The molecule has 2 aromatic rings. The van der Waals surface area contributed by atoms with Crippen molar-refractivity contribution in [2.45, 2.75) is 0 Å². The zero-order valence-corrected chi connectivity index (χ0v) is 11.2. The molecule has 0 aliphatic rings. The van der Waals surface area contributed by atoms with Crippen molar-refractivity contribution in [2.24, 2.45) is 0 Å². The highest BCUT2D eigenvalue weighted by Crippen LogP contribution is 2.16. The van der Waals surface area contributed by atoms with Crippen LogP contribution in [0.5, 0.6) is 0 Å². The van der Waals surface area contributed by atoms with Crippen LogP contribution in [0.1, 0.15) is 20.7 Å². The second-order valence-corrected chi connectivity index (χ2v) is 4.43. The first kappa shape index (κ1) is 13.2. The quantitative estimate of drug-likeness (QED) is 0.852. The van der Waals surface area contributed by atoms with Gasteiger partial charge in [0.15, 0.2) is 0 Å². The average molecular weight is 321 g/mol. The van der Waals surface area contributed by atoms with Gasteiger partial charge in [-0.15, -0.1) is 0 Å². The number of benzene rings is 1. The second kappa shape index (κ2) is 5.62. The number of rotatable bonds is 3. The molecule has 0 saturated carbocycles. The average Bonchev–Trinajstić information content (AvgIpc) is 2.39. The van der Waals surface area contributed by atoms with E-state index < -0.39 is 5.97 Å². The highest BCUT2D eigenvalue weighted by atomic mass is 79.9. The molecule has 1 amide bonds. The van der Waals surface area contributed by atoms with Gasteiger partial charge in [0.1, 0.15) is 4.60 Å². The molecule has 0 aliphatic heterocycles. The normalized spacial score (nSPS) is 9.95. The van der Waals surface area contributed by atoms with Crippen molar-refractivity contribution in [1.29, 1.82) is 0 Å². The number of hydrogen-bond donors (Lipinski definition) is 2. The Hall–Kier alpha value is -2.21. The number of carboxylic acids is 1. The summed E-state index contributed by atoms with van der Waals surface area (Å²) in [6, 6.07) is 9.22. The van der Waals surface area contributed by atoms with Crippen LogP contribution in [0, 0.1) is 0 Å². The van der Waals surface area contributed by atoms with Crippen LogP contribution in [0.3, 0.4) is 0 Å². The standard InChI is InChI=1S/C13H9BrN2O3/c14-11-10(2-1-7-15-11)12(17)16-9-5-3-8(4-6-9)13(18)19/h1-7H,(H,16,17)(H,18,19). The molecule has 2 N–H and O–H groups in total. The van der Waals surface area contributed by atoms with Crippen LogP contribution in [0.2, 0.25) is 0 Å². The van der Waals surface area contributed by atoms with Gasteiger partial charge in [0.2, 0.25) is 0 Å². The summed E-state index contributed by atoms with van der Waals surface area (Å²) in [5, 5.41) is 11.4. The van der Waals surface area contributed by atoms with Crippen molar-refractivity contribution in [1.82, 2.24) is 4.98 Å². The summed E-state index contributed by atoms with van der Waals surface area (Å²) in [7, 11) is 0. The van der Waals surface area contributed by atoms with Gasteiger partial charge >= 0.3 is 5.97 Å². The molecule has 1 heterocycles. The van der Waals surface area contributed by atoms with Crippen molar-refractivity contribution in [3.8, 4) is 0 Å². The smallest absolute Gasteiger partial charge is 0.335 e. The number of carboxylic acid groups (broad SMARTS) is 1. The molecule has 0 fully saturated rings. The van der Waals surface area contributed by atoms with Gasteiger partial charge in [0.25, 0.3) is 5.91 Å². The minimum atomic E-state index is -1.01. The van der Waals surface area contributed by atoms with E-state index in [-0.39, 0.29) is 11.5 Å². The van der Waals surface area contributed by atoms with Crippen LogP contribution in [0.4, 0.5) is 5.69 Å². The molecule has 96 valence electrons. The van der Waals surface area contributed by atoms with Gasteiger partial charge in [-0.05, 0) is 52.3 Å². The SMILES string of the molecule is O=C(O)c1ccc(NC(=O)c2cccnc2Br)cc1. The number of halogens is 1. The maximum absolute atomic E-state index is 12.0. The fourth-order valence-electron chi connectivity index (χ4n) is 1.45. The number of carbonyl (C=O) groups is 2. The molecule has 2 rings (SSSR count). The fourth-order valence-corrected chi connectivity index (χ4v) is 1.88. The van der Waals surface area contributed by atoms with Crippen LogP contribution >= 0.6 is 15.9 Å².